The highest BCUT2D eigenvalue weighted by Crippen LogP contribution is 2.42. The van der Waals surface area contributed by atoms with Crippen LogP contribution in [0, 0.1) is 28.9 Å². The van der Waals surface area contributed by atoms with Gasteiger partial charge < -0.3 is 15.4 Å². The molecule has 7 nitrogen and oxygen atoms in total. The number of anilines is 1. The lowest BCUT2D eigenvalue weighted by molar-refractivity contribution is 0.135. The number of fused-ring (bicyclic) bond motifs is 3. The van der Waals surface area contributed by atoms with Crippen LogP contribution in [0.5, 0.6) is 0 Å². The topological polar surface area (TPSA) is 101 Å². The zero-order valence-corrected chi connectivity index (χ0v) is 19.5. The van der Waals surface area contributed by atoms with E-state index in [0.29, 0.717) is 22.8 Å². The molecular formula is C24H22F2N6OS. The van der Waals surface area contributed by atoms with Gasteiger partial charge in [-0.2, -0.15) is 5.26 Å². The van der Waals surface area contributed by atoms with E-state index in [2.05, 4.69) is 40.3 Å². The van der Waals surface area contributed by atoms with Crippen LogP contribution in [0.3, 0.4) is 0 Å². The Bertz CT molecular complexity index is 1390. The molecule has 2 atom stereocenters. The van der Waals surface area contributed by atoms with Crippen molar-refractivity contribution in [3.63, 3.8) is 0 Å². The van der Waals surface area contributed by atoms with Crippen molar-refractivity contribution in [2.75, 3.05) is 11.4 Å². The van der Waals surface area contributed by atoms with Gasteiger partial charge in [0.05, 0.1) is 40.6 Å². The molecule has 2 aliphatic heterocycles. The molecule has 174 valence electrons. The standard InChI is InChI=1S/C24H22F2N6OS/c1-11-4-5-32(12(11)2)24-30-7-15-16-9-33-10-17(16)19(20(26)22(15)31-24)21-14(6-27)23(34-13(3)28)18(25)8-29-21/h7-8,11-12H,3-5,9-10,28H2,1-2H3. The Morgan fingerprint density at radius 3 is 2.71 bits per heavy atom. The maximum atomic E-state index is 16.2. The number of hydrogen-bond acceptors (Lipinski definition) is 8. The van der Waals surface area contributed by atoms with Crippen LogP contribution in [0.15, 0.2) is 28.9 Å². The van der Waals surface area contributed by atoms with Gasteiger partial charge in [-0.25, -0.2) is 18.7 Å². The third kappa shape index (κ3) is 3.47. The van der Waals surface area contributed by atoms with E-state index in [1.165, 1.54) is 0 Å². The fourth-order valence-corrected chi connectivity index (χ4v) is 5.32. The van der Waals surface area contributed by atoms with Crippen molar-refractivity contribution in [3.8, 4) is 17.3 Å². The molecule has 34 heavy (non-hydrogen) atoms. The first-order chi connectivity index (χ1) is 16.3. The van der Waals surface area contributed by atoms with Crippen molar-refractivity contribution in [2.45, 2.75) is 44.4 Å². The van der Waals surface area contributed by atoms with Gasteiger partial charge >= 0.3 is 0 Å². The van der Waals surface area contributed by atoms with Crippen LogP contribution in [0.4, 0.5) is 14.7 Å². The molecule has 2 aromatic heterocycles. The van der Waals surface area contributed by atoms with E-state index in [-0.39, 0.29) is 51.5 Å². The van der Waals surface area contributed by atoms with Crippen LogP contribution in [-0.4, -0.2) is 27.5 Å². The summed E-state index contributed by atoms with van der Waals surface area (Å²) in [5.74, 6) is -0.437. The molecule has 1 saturated heterocycles. The number of pyridine rings is 1. The van der Waals surface area contributed by atoms with Gasteiger partial charge in [0.1, 0.15) is 11.6 Å². The summed E-state index contributed by atoms with van der Waals surface area (Å²) in [7, 11) is 0. The summed E-state index contributed by atoms with van der Waals surface area (Å²) in [6.45, 7) is 9.03. The Balaban J connectivity index is 1.77. The predicted octanol–water partition coefficient (Wildman–Crippen LogP) is 4.63. The average Bonchev–Trinajstić information content (AvgIpc) is 3.42. The number of rotatable bonds is 4. The quantitative estimate of drug-likeness (QED) is 0.540. The fraction of sp³-hybridized carbons (Fsp3) is 0.333. The van der Waals surface area contributed by atoms with Crippen molar-refractivity contribution in [3.05, 3.63) is 52.3 Å². The van der Waals surface area contributed by atoms with Crippen LogP contribution in [0.25, 0.3) is 22.2 Å². The van der Waals surface area contributed by atoms with E-state index in [4.69, 9.17) is 10.5 Å². The van der Waals surface area contributed by atoms with E-state index in [9.17, 15) is 9.65 Å². The molecule has 1 fully saturated rings. The van der Waals surface area contributed by atoms with Gasteiger partial charge in [0, 0.05) is 29.7 Å². The number of nitrogens with two attached hydrogens (primary N) is 1. The molecule has 0 bridgehead atoms. The predicted molar refractivity (Wildman–Crippen MR) is 126 cm³/mol. The zero-order chi connectivity index (χ0) is 24.1. The minimum Gasteiger partial charge on any atom is -0.394 e. The molecule has 2 aliphatic rings. The summed E-state index contributed by atoms with van der Waals surface area (Å²) >= 11 is 0.807. The fourth-order valence-electron chi connectivity index (χ4n) is 4.66. The van der Waals surface area contributed by atoms with E-state index in [1.807, 2.05) is 6.07 Å². The van der Waals surface area contributed by atoms with Crippen LogP contribution < -0.4 is 10.6 Å². The molecular weight excluding hydrogens is 458 g/mol. The van der Waals surface area contributed by atoms with Gasteiger partial charge in [-0.3, -0.25) is 4.98 Å². The van der Waals surface area contributed by atoms with Gasteiger partial charge in [0.2, 0.25) is 5.95 Å². The molecule has 4 heterocycles. The molecule has 0 aliphatic carbocycles. The summed E-state index contributed by atoms with van der Waals surface area (Å²) in [6.07, 6.45) is 3.61. The first-order valence-electron chi connectivity index (χ1n) is 10.9. The molecule has 0 saturated carbocycles. The van der Waals surface area contributed by atoms with Crippen LogP contribution in [0.1, 0.15) is 37.0 Å². The second-order valence-electron chi connectivity index (χ2n) is 8.61. The van der Waals surface area contributed by atoms with E-state index in [1.54, 1.807) is 6.20 Å². The van der Waals surface area contributed by atoms with Crippen molar-refractivity contribution >= 4 is 28.6 Å². The molecule has 2 unspecified atom stereocenters. The van der Waals surface area contributed by atoms with Gasteiger partial charge in [0.25, 0.3) is 0 Å². The molecule has 0 radical (unpaired) electrons. The molecule has 10 heteroatoms. The number of hydrogen-bond donors (Lipinski definition) is 1. The SMILES string of the molecule is C=C(N)Sc1c(F)cnc(-c2c3c(c4cnc(N5CCC(C)C5C)nc4c2F)COC3)c1C#N. The number of aromatic nitrogens is 3. The largest absolute Gasteiger partial charge is 0.394 e. The van der Waals surface area contributed by atoms with Crippen LogP contribution in [-0.2, 0) is 18.0 Å². The number of benzene rings is 1. The smallest absolute Gasteiger partial charge is 0.226 e. The van der Waals surface area contributed by atoms with Crippen LogP contribution in [0.2, 0.25) is 0 Å². The number of nitrogens with zero attached hydrogens (tertiary/aromatic N) is 5. The number of nitriles is 1. The summed E-state index contributed by atoms with van der Waals surface area (Å²) in [6, 6.07) is 2.20. The van der Waals surface area contributed by atoms with Crippen molar-refractivity contribution < 1.29 is 13.5 Å². The van der Waals surface area contributed by atoms with Crippen molar-refractivity contribution in [1.29, 1.82) is 5.26 Å². The van der Waals surface area contributed by atoms with Crippen LogP contribution >= 0.6 is 11.8 Å². The van der Waals surface area contributed by atoms with Crippen molar-refractivity contribution in [1.82, 2.24) is 15.0 Å². The highest BCUT2D eigenvalue weighted by atomic mass is 32.2. The first-order valence-corrected chi connectivity index (χ1v) is 11.7. The Kier molecular flexibility index (Phi) is 5.62. The van der Waals surface area contributed by atoms with Gasteiger partial charge in [-0.1, -0.05) is 25.3 Å². The third-order valence-electron chi connectivity index (χ3n) is 6.65. The summed E-state index contributed by atoms with van der Waals surface area (Å²) in [4.78, 5) is 15.3. The van der Waals surface area contributed by atoms with E-state index < -0.39 is 11.6 Å². The lowest BCUT2D eigenvalue weighted by Gasteiger charge is -2.24. The maximum Gasteiger partial charge on any atom is 0.226 e. The lowest BCUT2D eigenvalue weighted by Crippen LogP contribution is -2.30. The van der Waals surface area contributed by atoms with Gasteiger partial charge in [0.15, 0.2) is 11.6 Å². The lowest BCUT2D eigenvalue weighted by atomic mass is 9.94. The molecule has 2 N–H and O–H groups in total. The molecule has 0 amide bonds. The number of thioether (sulfide) groups is 1. The molecule has 1 aromatic carbocycles. The number of ether oxygens (including phenoxy) is 1. The Morgan fingerprint density at radius 2 is 2.03 bits per heavy atom. The molecule has 5 rings (SSSR count). The highest BCUT2D eigenvalue weighted by molar-refractivity contribution is 8.03. The first kappa shape index (κ1) is 22.5. The Labute approximate surface area is 199 Å². The monoisotopic (exact) mass is 480 g/mol. The second-order valence-corrected chi connectivity index (χ2v) is 9.75. The maximum absolute atomic E-state index is 16.2. The highest BCUT2D eigenvalue weighted by Gasteiger charge is 2.32. The summed E-state index contributed by atoms with van der Waals surface area (Å²) in [5.41, 5.74) is 7.09. The minimum absolute atomic E-state index is 0.0251. The van der Waals surface area contributed by atoms with Crippen molar-refractivity contribution in [2.24, 2.45) is 11.7 Å². The summed E-state index contributed by atoms with van der Waals surface area (Å²) < 4.78 is 36.4. The summed E-state index contributed by atoms with van der Waals surface area (Å²) in [5, 5.41) is 10.5. The molecule has 3 aromatic rings. The third-order valence-corrected chi connectivity index (χ3v) is 7.52. The normalized spacial score (nSPS) is 19.4. The Hall–Kier alpha value is -3.29. The zero-order valence-electron chi connectivity index (χ0n) is 18.7. The second kappa shape index (κ2) is 8.49. The minimum atomic E-state index is -0.729. The average molecular weight is 481 g/mol. The van der Waals surface area contributed by atoms with Gasteiger partial charge in [-0.15, -0.1) is 0 Å². The van der Waals surface area contributed by atoms with E-state index in [0.717, 1.165) is 36.5 Å². The Morgan fingerprint density at radius 1 is 1.26 bits per heavy atom. The molecule has 0 spiro atoms. The van der Waals surface area contributed by atoms with E-state index >= 15 is 4.39 Å². The number of halogens is 2. The van der Waals surface area contributed by atoms with Gasteiger partial charge in [-0.05, 0) is 30.4 Å².